The van der Waals surface area contributed by atoms with Gasteiger partial charge in [0.25, 0.3) is 5.91 Å². The number of carbonyl (C=O) groups excluding carboxylic acids is 3. The number of nitrogens with zero attached hydrogens (tertiary/aromatic N) is 7. The highest BCUT2D eigenvalue weighted by molar-refractivity contribution is 8.07. The lowest BCUT2D eigenvalue weighted by Crippen LogP contribution is -2.50. The van der Waals surface area contributed by atoms with Crippen molar-refractivity contribution < 1.29 is 65.3 Å². The number of halogens is 1. The third-order valence-corrected chi connectivity index (χ3v) is 19.4. The summed E-state index contributed by atoms with van der Waals surface area (Å²) in [4.78, 5) is 70.8. The van der Waals surface area contributed by atoms with Gasteiger partial charge in [-0.25, -0.2) is 24.3 Å². The number of alkyl halides is 1. The first-order chi connectivity index (χ1) is 32.6. The lowest BCUT2D eigenvalue weighted by atomic mass is 9.95. The van der Waals surface area contributed by atoms with Crippen molar-refractivity contribution in [2.24, 2.45) is 15.9 Å². The predicted molar refractivity (Wildman–Crippen MR) is 251 cm³/mol. The van der Waals surface area contributed by atoms with Gasteiger partial charge in [0.1, 0.15) is 48.4 Å². The van der Waals surface area contributed by atoms with E-state index in [1.807, 2.05) is 39.9 Å². The van der Waals surface area contributed by atoms with Crippen LogP contribution in [0.25, 0.3) is 0 Å². The number of amides is 2. The molecule has 2 fully saturated rings. The van der Waals surface area contributed by atoms with E-state index in [4.69, 9.17) is 43.8 Å². The van der Waals surface area contributed by atoms with Crippen molar-refractivity contribution in [3.8, 4) is 6.07 Å². The van der Waals surface area contributed by atoms with Gasteiger partial charge in [-0.2, -0.15) is 5.26 Å². The molecule has 0 bridgehead atoms. The largest absolute Gasteiger partial charge is 0.695 e. The van der Waals surface area contributed by atoms with Crippen LogP contribution < -0.4 is 10.6 Å². The van der Waals surface area contributed by atoms with Crippen molar-refractivity contribution in [3.05, 3.63) is 59.9 Å². The summed E-state index contributed by atoms with van der Waals surface area (Å²) >= 11 is 6.02. The number of rotatable bonds is 18. The summed E-state index contributed by atoms with van der Waals surface area (Å²) in [6.45, 7) is 7.62. The average molecular weight is 1030 g/mol. The Hall–Kier alpha value is -4.51. The van der Waals surface area contributed by atoms with Gasteiger partial charge >= 0.3 is 15.0 Å². The molecule has 0 radical (unpaired) electrons. The molecule has 0 spiro atoms. The van der Waals surface area contributed by atoms with Crippen LogP contribution in [0.2, 0.25) is 18.1 Å². The minimum atomic E-state index is -4.20. The number of ketones is 1. The van der Waals surface area contributed by atoms with Crippen molar-refractivity contribution in [1.29, 1.82) is 5.26 Å². The summed E-state index contributed by atoms with van der Waals surface area (Å²) in [5, 5.41) is 25.3. The molecule has 69 heavy (non-hydrogen) atoms. The fourth-order valence-electron chi connectivity index (χ4n) is 7.56. The van der Waals surface area contributed by atoms with E-state index in [9.17, 15) is 34.2 Å². The number of aromatic nitrogens is 4. The Labute approximate surface area is 403 Å². The number of aliphatic hydroxyl groups excluding tert-OH is 1. The zero-order valence-electron chi connectivity index (χ0n) is 38.6. The van der Waals surface area contributed by atoms with Crippen LogP contribution >= 0.6 is 15.0 Å². The third kappa shape index (κ3) is 11.5. The van der Waals surface area contributed by atoms with Gasteiger partial charge < -0.3 is 38.7 Å². The van der Waals surface area contributed by atoms with E-state index in [0.29, 0.717) is 5.56 Å². The van der Waals surface area contributed by atoms with Gasteiger partial charge in [0.2, 0.25) is 5.91 Å². The summed E-state index contributed by atoms with van der Waals surface area (Å²) in [6.07, 6.45) is -8.04. The Bertz CT molecular complexity index is 2600. The van der Waals surface area contributed by atoms with E-state index in [1.165, 1.54) is 23.4 Å². The molecule has 1 aromatic carbocycles. The van der Waals surface area contributed by atoms with Crippen LogP contribution in [-0.4, -0.2) is 130 Å². The SMILES string of the molecule is CC(C)C(=O)NC1=Nc2c(ncn2[C@@H]2O[C@H](CO)[C@@H](O[Si](C)(C)C(C)(C)C)[C@H]2OP(=S)(OCCC#N)OC[C@H]2O[C@@H](C3C=Nc4c(NC(=O)c5ccccc5)ncnc43)[C@H](F)[C@@H]2O[P+](=O)O)C(=O)C1. The molecule has 2 saturated heterocycles. The highest BCUT2D eigenvalue weighted by Crippen LogP contribution is 2.56. The number of ether oxygens (including phenoxy) is 2. The Kier molecular flexibility index (Phi) is 16.3. The third-order valence-electron chi connectivity index (χ3n) is 12.2. The number of anilines is 1. The summed E-state index contributed by atoms with van der Waals surface area (Å²) in [5.41, 5.74) is 0.679. The highest BCUT2D eigenvalue weighted by atomic mass is 32.5. The van der Waals surface area contributed by atoms with Crippen LogP contribution in [0.4, 0.5) is 21.7 Å². The molecule has 0 saturated carbocycles. The van der Waals surface area contributed by atoms with E-state index in [1.54, 1.807) is 44.2 Å². The summed E-state index contributed by atoms with van der Waals surface area (Å²) in [5.74, 6) is -2.56. The number of imidazole rings is 1. The van der Waals surface area contributed by atoms with Gasteiger partial charge in [-0.1, -0.05) is 52.8 Å². The van der Waals surface area contributed by atoms with Crippen LogP contribution in [0, 0.1) is 17.2 Å². The number of fused-ring (bicyclic) bond motifs is 2. The normalized spacial score (nSPS) is 26.5. The number of benzene rings is 1. The number of aliphatic imine (C=N–C) groups is 2. The van der Waals surface area contributed by atoms with Gasteiger partial charge in [0.05, 0.1) is 56.7 Å². The number of amidine groups is 1. The number of Topliss-reactive ketones (excluding diaryl/α,β-unsaturated/α-hetero) is 1. The maximum absolute atomic E-state index is 16.7. The molecular formula is C42H53FN9O13P2SSi+. The Morgan fingerprint density at radius 3 is 2.51 bits per heavy atom. The number of nitrogens with one attached hydrogen (secondary N) is 2. The average Bonchev–Trinajstić information content (AvgIpc) is 4.07. The standard InChI is InChI=1S/C42H52FN9O13P2SSi/c1-22(2)39(55)50-28-16-25(54)31-38(49-28)52(21-48-31)41-36(35(26(18-53)62-41)65-69(6,7)42(3,4)5)64-67(68,59-15-11-14-44)60-19-27-34(63-66(57)58)29(43)33(61-27)24-17-45-32-30(24)46-20-47-37(32)51-40(56)23-12-9-8-10-13-23/h8-10,12-13,17,20-22,24,26-27,29,33-36,41,53H,11,15-16,18-19H2,1-7H3,(H2-,46,47,49,50,51,54,55,56,57,58)/p+1/t24?,26-,27-,29+,33+,34-,35-,36-,41-,67?/m1/s1. The number of aliphatic hydroxyl groups is 1. The fraction of sp³-hybridized carbons (Fsp3) is 0.548. The molecule has 4 N–H and O–H groups in total. The van der Waals surface area contributed by atoms with E-state index in [2.05, 4.69) is 35.6 Å². The zero-order chi connectivity index (χ0) is 50.0. The van der Waals surface area contributed by atoms with Gasteiger partial charge in [0.15, 0.2) is 49.9 Å². The van der Waals surface area contributed by atoms with Gasteiger partial charge in [-0.3, -0.25) is 28.5 Å². The molecule has 370 valence electrons. The smallest absolute Gasteiger partial charge is 0.408 e. The molecular weight excluding hydrogens is 980 g/mol. The van der Waals surface area contributed by atoms with Gasteiger partial charge in [-0.05, 0) is 42.1 Å². The maximum Gasteiger partial charge on any atom is 0.695 e. The van der Waals surface area contributed by atoms with Crippen molar-refractivity contribution in [1.82, 2.24) is 24.8 Å². The van der Waals surface area contributed by atoms with Gasteiger partial charge in [0, 0.05) is 22.3 Å². The first-order valence-electron chi connectivity index (χ1n) is 21.9. The highest BCUT2D eigenvalue weighted by Gasteiger charge is 2.57. The van der Waals surface area contributed by atoms with Crippen molar-refractivity contribution in [2.45, 2.75) is 121 Å². The van der Waals surface area contributed by atoms with Crippen LogP contribution in [0.1, 0.15) is 86.1 Å². The lowest BCUT2D eigenvalue weighted by Gasteiger charge is -2.41. The molecule has 4 aliphatic rings. The first kappa shape index (κ1) is 52.3. The summed E-state index contributed by atoms with van der Waals surface area (Å²) in [7, 11) is -6.15. The molecule has 11 atom stereocenters. The monoisotopic (exact) mass is 1030 g/mol. The van der Waals surface area contributed by atoms with Crippen molar-refractivity contribution >= 4 is 82.1 Å². The van der Waals surface area contributed by atoms with E-state index in [-0.39, 0.29) is 64.9 Å². The second-order valence-electron chi connectivity index (χ2n) is 18.2. The molecule has 3 unspecified atom stereocenters. The zero-order valence-corrected chi connectivity index (χ0v) is 42.2. The molecule has 27 heteroatoms. The summed E-state index contributed by atoms with van der Waals surface area (Å²) in [6, 6.07) is 10.3. The number of hydrogen-bond donors (Lipinski definition) is 4. The summed E-state index contributed by atoms with van der Waals surface area (Å²) < 4.78 is 74.0. The van der Waals surface area contributed by atoms with E-state index < -0.39 is 109 Å². The molecule has 0 aliphatic carbocycles. The lowest BCUT2D eigenvalue weighted by molar-refractivity contribution is -0.122. The van der Waals surface area contributed by atoms with Crippen molar-refractivity contribution in [3.63, 3.8) is 0 Å². The van der Waals surface area contributed by atoms with Crippen LogP contribution in [0.5, 0.6) is 0 Å². The maximum atomic E-state index is 16.7. The number of nitriles is 1. The molecule has 3 aromatic rings. The van der Waals surface area contributed by atoms with E-state index in [0.717, 1.165) is 0 Å². The Morgan fingerprint density at radius 1 is 1.10 bits per heavy atom. The quantitative estimate of drug-likeness (QED) is 0.0666. The molecule has 2 aromatic heterocycles. The molecule has 22 nitrogen and oxygen atoms in total. The van der Waals surface area contributed by atoms with Crippen LogP contribution in [0.3, 0.4) is 0 Å². The minimum absolute atomic E-state index is 0.0127. The molecule has 6 heterocycles. The fourth-order valence-corrected chi connectivity index (χ4v) is 11.4. The predicted octanol–water partition coefficient (Wildman–Crippen LogP) is 5.79. The second-order valence-corrected chi connectivity index (χ2v) is 26.6. The Balaban J connectivity index is 1.20. The van der Waals surface area contributed by atoms with Crippen LogP contribution in [-0.2, 0) is 53.2 Å². The molecule has 4 aliphatic heterocycles. The first-order valence-corrected chi connectivity index (χ1v) is 28.5. The second kappa shape index (κ2) is 21.5. The number of hydrogen-bond acceptors (Lipinski definition) is 19. The topological polar surface area (TPSA) is 290 Å². The molecule has 7 rings (SSSR count). The van der Waals surface area contributed by atoms with E-state index >= 15 is 4.39 Å². The number of carbonyl (C=O) groups is 3. The van der Waals surface area contributed by atoms with Gasteiger partial charge in [-0.15, -0.1) is 9.42 Å². The molecule has 2 amide bonds. The minimum Gasteiger partial charge on any atom is -0.408 e. The van der Waals surface area contributed by atoms with Crippen molar-refractivity contribution in [2.75, 3.05) is 25.1 Å². The van der Waals surface area contributed by atoms with Crippen LogP contribution in [0.15, 0.2) is 53.0 Å². The Morgan fingerprint density at radius 2 is 1.84 bits per heavy atom.